The summed E-state index contributed by atoms with van der Waals surface area (Å²) in [6, 6.07) is 11.8. The van der Waals surface area contributed by atoms with Crippen LogP contribution in [-0.4, -0.2) is 12.4 Å². The van der Waals surface area contributed by atoms with Gasteiger partial charge in [-0.3, -0.25) is 0 Å². The first kappa shape index (κ1) is 17.7. The van der Waals surface area contributed by atoms with Crippen molar-refractivity contribution in [3.63, 3.8) is 0 Å². The minimum Gasteiger partial charge on any atom is -0.406 e. The number of rotatable bonds is 4. The number of anilines is 2. The molecule has 0 fully saturated rings. The van der Waals surface area contributed by atoms with E-state index < -0.39 is 12.4 Å². The van der Waals surface area contributed by atoms with Gasteiger partial charge in [-0.1, -0.05) is 32.0 Å². The highest BCUT2D eigenvalue weighted by molar-refractivity contribution is 6.00. The number of nitrogens with one attached hydrogen (secondary N) is 2. The molecule has 0 aliphatic carbocycles. The summed E-state index contributed by atoms with van der Waals surface area (Å²) >= 11 is 0. The Balaban J connectivity index is 2.00. The molecule has 128 valence electrons. The van der Waals surface area contributed by atoms with Gasteiger partial charge >= 0.3 is 12.4 Å². The lowest BCUT2D eigenvalue weighted by Crippen LogP contribution is -2.20. The van der Waals surface area contributed by atoms with Gasteiger partial charge in [-0.25, -0.2) is 4.79 Å². The van der Waals surface area contributed by atoms with Crippen molar-refractivity contribution < 1.29 is 22.7 Å². The molecule has 0 radical (unpaired) electrons. The number of halogens is 3. The van der Waals surface area contributed by atoms with Gasteiger partial charge in [-0.05, 0) is 41.8 Å². The van der Waals surface area contributed by atoms with E-state index in [1.54, 1.807) is 6.07 Å². The van der Waals surface area contributed by atoms with Crippen molar-refractivity contribution in [2.24, 2.45) is 0 Å². The third kappa shape index (κ3) is 5.19. The maximum atomic E-state index is 12.1. The monoisotopic (exact) mass is 338 g/mol. The van der Waals surface area contributed by atoms with Gasteiger partial charge in [0.2, 0.25) is 0 Å². The Bertz CT molecular complexity index is 698. The van der Waals surface area contributed by atoms with Crippen molar-refractivity contribution in [1.29, 1.82) is 0 Å². The van der Waals surface area contributed by atoms with E-state index >= 15 is 0 Å². The second-order valence-electron chi connectivity index (χ2n) is 5.39. The Morgan fingerprint density at radius 2 is 1.62 bits per heavy atom. The molecule has 2 amide bonds. The summed E-state index contributed by atoms with van der Waals surface area (Å²) in [6.45, 7) is 4.02. The summed E-state index contributed by atoms with van der Waals surface area (Å²) in [5.41, 5.74) is 2.02. The lowest BCUT2D eigenvalue weighted by Gasteiger charge is -2.14. The van der Waals surface area contributed by atoms with Crippen LogP contribution in [0.3, 0.4) is 0 Å². The Kier molecular flexibility index (Phi) is 5.33. The predicted molar refractivity (Wildman–Crippen MR) is 86.3 cm³/mol. The predicted octanol–water partition coefficient (Wildman–Crippen LogP) is 5.35. The number of ether oxygens (including phenoxy) is 1. The second-order valence-corrected chi connectivity index (χ2v) is 5.39. The fourth-order valence-electron chi connectivity index (χ4n) is 2.14. The zero-order chi connectivity index (χ0) is 17.7. The van der Waals surface area contributed by atoms with Crippen LogP contribution in [0, 0.1) is 0 Å². The number of alkyl halides is 3. The van der Waals surface area contributed by atoms with Gasteiger partial charge in [-0.2, -0.15) is 0 Å². The molecular weight excluding hydrogens is 321 g/mol. The van der Waals surface area contributed by atoms with E-state index in [4.69, 9.17) is 0 Å². The van der Waals surface area contributed by atoms with Crippen LogP contribution in [0.15, 0.2) is 48.5 Å². The quantitative estimate of drug-likeness (QED) is 0.789. The molecule has 2 N–H and O–H groups in total. The van der Waals surface area contributed by atoms with E-state index in [0.29, 0.717) is 11.4 Å². The zero-order valence-electron chi connectivity index (χ0n) is 13.1. The number of amides is 2. The molecule has 2 rings (SSSR count). The minimum atomic E-state index is -4.74. The number of para-hydroxylation sites is 1. The summed E-state index contributed by atoms with van der Waals surface area (Å²) in [4.78, 5) is 12.0. The van der Waals surface area contributed by atoms with E-state index in [0.717, 1.165) is 17.7 Å². The van der Waals surface area contributed by atoms with E-state index in [1.807, 2.05) is 32.0 Å². The van der Waals surface area contributed by atoms with E-state index in [9.17, 15) is 18.0 Å². The van der Waals surface area contributed by atoms with Crippen molar-refractivity contribution in [3.05, 3.63) is 54.1 Å². The second kappa shape index (κ2) is 7.25. The number of hydrogen-bond donors (Lipinski definition) is 2. The van der Waals surface area contributed by atoms with Crippen LogP contribution in [0.2, 0.25) is 0 Å². The number of carbonyl (C=O) groups is 1. The zero-order valence-corrected chi connectivity index (χ0v) is 13.1. The summed E-state index contributed by atoms with van der Waals surface area (Å²) in [7, 11) is 0. The van der Waals surface area contributed by atoms with E-state index in [2.05, 4.69) is 15.4 Å². The average molecular weight is 338 g/mol. The van der Waals surface area contributed by atoms with Crippen LogP contribution in [0.5, 0.6) is 5.75 Å². The highest BCUT2D eigenvalue weighted by Crippen LogP contribution is 2.25. The number of carbonyl (C=O) groups excluding carboxylic acids is 1. The number of hydrogen-bond acceptors (Lipinski definition) is 2. The van der Waals surface area contributed by atoms with E-state index in [1.165, 1.54) is 12.1 Å². The van der Waals surface area contributed by atoms with Gasteiger partial charge in [0.25, 0.3) is 0 Å². The maximum absolute atomic E-state index is 12.1. The Labute approximate surface area is 137 Å². The smallest absolute Gasteiger partial charge is 0.406 e. The first-order valence-electron chi connectivity index (χ1n) is 7.27. The summed E-state index contributed by atoms with van der Waals surface area (Å²) in [5, 5.41) is 5.29. The summed E-state index contributed by atoms with van der Waals surface area (Å²) in [5.74, 6) is -0.112. The fourth-order valence-corrected chi connectivity index (χ4v) is 2.14. The molecule has 0 atom stereocenters. The number of benzene rings is 2. The molecule has 0 unspecified atom stereocenters. The van der Waals surface area contributed by atoms with Crippen LogP contribution in [0.4, 0.5) is 29.3 Å². The van der Waals surface area contributed by atoms with Crippen LogP contribution < -0.4 is 15.4 Å². The van der Waals surface area contributed by atoms with Crippen molar-refractivity contribution in [3.8, 4) is 5.75 Å². The molecule has 0 bridgehead atoms. The molecule has 4 nitrogen and oxygen atoms in total. The van der Waals surface area contributed by atoms with Crippen LogP contribution in [-0.2, 0) is 0 Å². The standard InChI is InChI=1S/C17H17F3N2O2/c1-11(2)14-5-3-4-6-15(14)22-16(23)21-12-7-9-13(10-8-12)24-17(18,19)20/h3-11H,1-2H3,(H2,21,22,23). The van der Waals surface area contributed by atoms with Gasteiger partial charge in [0.15, 0.2) is 0 Å². The Hall–Kier alpha value is -2.70. The molecule has 24 heavy (non-hydrogen) atoms. The van der Waals surface area contributed by atoms with Gasteiger partial charge in [0.1, 0.15) is 5.75 Å². The highest BCUT2D eigenvalue weighted by atomic mass is 19.4. The van der Waals surface area contributed by atoms with Crippen molar-refractivity contribution in [2.75, 3.05) is 10.6 Å². The molecule has 0 aromatic heterocycles. The first-order valence-corrected chi connectivity index (χ1v) is 7.27. The molecule has 0 saturated heterocycles. The third-order valence-corrected chi connectivity index (χ3v) is 3.18. The SMILES string of the molecule is CC(C)c1ccccc1NC(=O)Nc1ccc(OC(F)(F)F)cc1. The van der Waals surface area contributed by atoms with Crippen molar-refractivity contribution in [2.45, 2.75) is 26.1 Å². The molecule has 0 saturated carbocycles. The van der Waals surface area contributed by atoms with Crippen LogP contribution in [0.25, 0.3) is 0 Å². The largest absolute Gasteiger partial charge is 0.573 e. The summed E-state index contributed by atoms with van der Waals surface area (Å²) in [6.07, 6.45) is -4.74. The van der Waals surface area contributed by atoms with Crippen LogP contribution >= 0.6 is 0 Å². The lowest BCUT2D eigenvalue weighted by atomic mass is 10.0. The fraction of sp³-hybridized carbons (Fsp3) is 0.235. The van der Waals surface area contributed by atoms with E-state index in [-0.39, 0.29) is 11.7 Å². The molecule has 0 heterocycles. The lowest BCUT2D eigenvalue weighted by molar-refractivity contribution is -0.274. The maximum Gasteiger partial charge on any atom is 0.573 e. The minimum absolute atomic E-state index is 0.236. The van der Waals surface area contributed by atoms with Gasteiger partial charge in [0.05, 0.1) is 0 Å². The normalized spacial score (nSPS) is 11.2. The van der Waals surface area contributed by atoms with Crippen molar-refractivity contribution in [1.82, 2.24) is 0 Å². The third-order valence-electron chi connectivity index (χ3n) is 3.18. The molecule has 0 aliphatic rings. The molecule has 2 aromatic carbocycles. The van der Waals surface area contributed by atoms with Crippen molar-refractivity contribution >= 4 is 17.4 Å². The molecule has 7 heteroatoms. The van der Waals surface area contributed by atoms with Gasteiger partial charge in [-0.15, -0.1) is 13.2 Å². The Morgan fingerprint density at radius 3 is 2.21 bits per heavy atom. The molecular formula is C17H17F3N2O2. The molecule has 0 aliphatic heterocycles. The Morgan fingerprint density at radius 1 is 1.00 bits per heavy atom. The van der Waals surface area contributed by atoms with Crippen LogP contribution in [0.1, 0.15) is 25.3 Å². The number of urea groups is 1. The van der Waals surface area contributed by atoms with Gasteiger partial charge < -0.3 is 15.4 Å². The first-order chi connectivity index (χ1) is 11.2. The molecule has 2 aromatic rings. The highest BCUT2D eigenvalue weighted by Gasteiger charge is 2.30. The summed E-state index contributed by atoms with van der Waals surface area (Å²) < 4.78 is 40.1. The van der Waals surface area contributed by atoms with Gasteiger partial charge in [0, 0.05) is 11.4 Å². The molecule has 0 spiro atoms. The average Bonchev–Trinajstić information content (AvgIpc) is 2.48. The topological polar surface area (TPSA) is 50.4 Å².